The van der Waals surface area contributed by atoms with Gasteiger partial charge in [-0.25, -0.2) is 0 Å². The van der Waals surface area contributed by atoms with Gasteiger partial charge in [0, 0.05) is 55.3 Å². The van der Waals surface area contributed by atoms with E-state index in [0.717, 1.165) is 6.04 Å². The van der Waals surface area contributed by atoms with Crippen LogP contribution >= 0.6 is 0 Å². The third-order valence-corrected chi connectivity index (χ3v) is 5.47. The summed E-state index contributed by atoms with van der Waals surface area (Å²) in [6, 6.07) is 0.783. The topological polar surface area (TPSA) is 9.72 Å². The van der Waals surface area contributed by atoms with E-state index in [2.05, 4.69) is 56.4 Å². The molecule has 110 valence electrons. The average Bonchev–Trinajstić information content (AvgIpc) is 2.44. The predicted molar refractivity (Wildman–Crippen MR) is 80.4 cm³/mol. The fourth-order valence-corrected chi connectivity index (χ4v) is 5.01. The molecule has 0 amide bonds. The van der Waals surface area contributed by atoms with Gasteiger partial charge in [-0.1, -0.05) is 0 Å². The van der Waals surface area contributed by atoms with E-state index >= 15 is 0 Å². The van der Waals surface area contributed by atoms with Gasteiger partial charge < -0.3 is 4.90 Å². The van der Waals surface area contributed by atoms with Crippen LogP contribution in [0, 0.1) is 5.41 Å². The summed E-state index contributed by atoms with van der Waals surface area (Å²) in [5.74, 6) is 0. The zero-order valence-corrected chi connectivity index (χ0v) is 13.7. The lowest BCUT2D eigenvalue weighted by Crippen LogP contribution is -2.72. The van der Waals surface area contributed by atoms with Gasteiger partial charge in [0.25, 0.3) is 0 Å². The molecule has 19 heavy (non-hydrogen) atoms. The highest BCUT2D eigenvalue weighted by molar-refractivity contribution is 5.10. The molecule has 0 bridgehead atoms. The molecular formula is C16H31N3. The van der Waals surface area contributed by atoms with Gasteiger partial charge in [0.2, 0.25) is 0 Å². The lowest BCUT2D eigenvalue weighted by Gasteiger charge is -2.61. The summed E-state index contributed by atoms with van der Waals surface area (Å²) >= 11 is 0. The monoisotopic (exact) mass is 265 g/mol. The van der Waals surface area contributed by atoms with Crippen molar-refractivity contribution in [3.8, 4) is 0 Å². The van der Waals surface area contributed by atoms with Gasteiger partial charge >= 0.3 is 0 Å². The summed E-state index contributed by atoms with van der Waals surface area (Å²) in [6.45, 7) is 18.5. The molecule has 3 saturated heterocycles. The first-order chi connectivity index (χ1) is 8.61. The molecule has 0 aromatic carbocycles. The highest BCUT2D eigenvalue weighted by Crippen LogP contribution is 2.44. The van der Waals surface area contributed by atoms with Gasteiger partial charge in [-0.2, -0.15) is 0 Å². The molecule has 1 atom stereocenters. The summed E-state index contributed by atoms with van der Waals surface area (Å²) in [7, 11) is 2.24. The summed E-state index contributed by atoms with van der Waals surface area (Å²) in [6.07, 6.45) is 1.33. The largest absolute Gasteiger partial charge is 0.305 e. The molecule has 0 saturated carbocycles. The molecule has 3 heteroatoms. The highest BCUT2D eigenvalue weighted by Gasteiger charge is 2.55. The van der Waals surface area contributed by atoms with Crippen molar-refractivity contribution in [1.82, 2.24) is 14.7 Å². The Hall–Kier alpha value is -0.120. The van der Waals surface area contributed by atoms with Gasteiger partial charge in [0.05, 0.1) is 0 Å². The van der Waals surface area contributed by atoms with Crippen molar-refractivity contribution >= 4 is 0 Å². The van der Waals surface area contributed by atoms with Gasteiger partial charge in [-0.3, -0.25) is 9.80 Å². The van der Waals surface area contributed by atoms with Crippen LogP contribution in [0.2, 0.25) is 0 Å². The van der Waals surface area contributed by atoms with Crippen molar-refractivity contribution in [3.63, 3.8) is 0 Å². The maximum absolute atomic E-state index is 2.75. The molecule has 3 aliphatic rings. The van der Waals surface area contributed by atoms with Crippen LogP contribution in [0.15, 0.2) is 0 Å². The Labute approximate surface area is 118 Å². The smallest absolute Gasteiger partial charge is 0.0241 e. The molecule has 0 radical (unpaired) electrons. The van der Waals surface area contributed by atoms with E-state index in [1.165, 1.54) is 39.1 Å². The molecule has 0 N–H and O–H groups in total. The lowest BCUT2D eigenvalue weighted by atomic mass is 9.72. The Morgan fingerprint density at radius 1 is 1.00 bits per heavy atom. The van der Waals surface area contributed by atoms with Gasteiger partial charge in [0.1, 0.15) is 0 Å². The zero-order chi connectivity index (χ0) is 14.1. The number of likely N-dealkylation sites (tertiary alicyclic amines) is 3. The number of hydrogen-bond acceptors (Lipinski definition) is 3. The zero-order valence-electron chi connectivity index (χ0n) is 13.7. The first kappa shape index (κ1) is 13.8. The third-order valence-electron chi connectivity index (χ3n) is 5.47. The standard InChI is InChI=1S/C16H31N3/c1-14(2,3)19-8-13(7-15(19,4)5)18-11-16(12-18)9-17(6)10-16/h13H,7-12H2,1-6H3. The van der Waals surface area contributed by atoms with Crippen LogP contribution in [0.4, 0.5) is 0 Å². The summed E-state index contributed by atoms with van der Waals surface area (Å²) in [5.41, 5.74) is 1.31. The van der Waals surface area contributed by atoms with Gasteiger partial charge in [-0.05, 0) is 48.1 Å². The lowest BCUT2D eigenvalue weighted by molar-refractivity contribution is -0.119. The highest BCUT2D eigenvalue weighted by atomic mass is 15.4. The van der Waals surface area contributed by atoms with Crippen LogP contribution in [-0.4, -0.2) is 71.6 Å². The Morgan fingerprint density at radius 3 is 2.00 bits per heavy atom. The van der Waals surface area contributed by atoms with Crippen molar-refractivity contribution in [1.29, 1.82) is 0 Å². The molecule has 3 nitrogen and oxygen atoms in total. The second kappa shape index (κ2) is 3.96. The van der Waals surface area contributed by atoms with E-state index in [-0.39, 0.29) is 5.54 Å². The second-order valence-corrected chi connectivity index (χ2v) is 9.03. The minimum atomic E-state index is 0.289. The van der Waals surface area contributed by atoms with Gasteiger partial charge in [0.15, 0.2) is 0 Å². The third kappa shape index (κ3) is 2.24. The van der Waals surface area contributed by atoms with E-state index in [9.17, 15) is 0 Å². The van der Waals surface area contributed by atoms with Crippen LogP contribution in [0.5, 0.6) is 0 Å². The second-order valence-electron chi connectivity index (χ2n) is 9.03. The van der Waals surface area contributed by atoms with E-state index in [4.69, 9.17) is 0 Å². The van der Waals surface area contributed by atoms with Crippen molar-refractivity contribution in [2.24, 2.45) is 5.41 Å². The quantitative estimate of drug-likeness (QED) is 0.717. The predicted octanol–water partition coefficient (Wildman–Crippen LogP) is 1.89. The Kier molecular flexibility index (Phi) is 2.88. The van der Waals surface area contributed by atoms with Crippen LogP contribution in [0.25, 0.3) is 0 Å². The SMILES string of the molecule is CN1CC2(C1)CN(C1CN(C(C)(C)C)C(C)(C)C1)C2. The molecule has 3 heterocycles. The first-order valence-electron chi connectivity index (χ1n) is 7.82. The molecule has 3 rings (SSSR count). The Bertz CT molecular complexity index is 355. The van der Waals surface area contributed by atoms with Crippen LogP contribution in [0.3, 0.4) is 0 Å². The number of nitrogens with zero attached hydrogens (tertiary/aromatic N) is 3. The molecule has 3 aliphatic heterocycles. The Balaban J connectivity index is 1.60. The first-order valence-corrected chi connectivity index (χ1v) is 7.82. The van der Waals surface area contributed by atoms with Crippen molar-refractivity contribution < 1.29 is 0 Å². The summed E-state index contributed by atoms with van der Waals surface area (Å²) in [4.78, 5) is 7.92. The van der Waals surface area contributed by atoms with E-state index in [1.807, 2.05) is 0 Å². The Morgan fingerprint density at radius 2 is 1.58 bits per heavy atom. The normalized spacial score (nSPS) is 35.4. The van der Waals surface area contributed by atoms with E-state index in [0.29, 0.717) is 11.0 Å². The van der Waals surface area contributed by atoms with Crippen LogP contribution < -0.4 is 0 Å². The molecule has 1 spiro atoms. The molecule has 0 aromatic rings. The summed E-state index contributed by atoms with van der Waals surface area (Å²) < 4.78 is 0. The molecule has 1 unspecified atom stereocenters. The molecule has 0 aromatic heterocycles. The van der Waals surface area contributed by atoms with E-state index in [1.54, 1.807) is 0 Å². The molecular weight excluding hydrogens is 234 g/mol. The summed E-state index contributed by atoms with van der Waals surface area (Å²) in [5, 5.41) is 0. The van der Waals surface area contributed by atoms with Crippen molar-refractivity contribution in [2.75, 3.05) is 39.8 Å². The molecule has 3 fully saturated rings. The fraction of sp³-hybridized carbons (Fsp3) is 1.00. The van der Waals surface area contributed by atoms with Crippen molar-refractivity contribution in [3.05, 3.63) is 0 Å². The maximum atomic E-state index is 2.75. The van der Waals surface area contributed by atoms with Crippen LogP contribution in [-0.2, 0) is 0 Å². The number of rotatable bonds is 1. The van der Waals surface area contributed by atoms with Crippen molar-refractivity contribution in [2.45, 2.75) is 58.2 Å². The van der Waals surface area contributed by atoms with Crippen LogP contribution in [0.1, 0.15) is 41.0 Å². The average molecular weight is 265 g/mol. The number of hydrogen-bond donors (Lipinski definition) is 0. The van der Waals surface area contributed by atoms with E-state index < -0.39 is 0 Å². The minimum absolute atomic E-state index is 0.289. The minimum Gasteiger partial charge on any atom is -0.305 e. The van der Waals surface area contributed by atoms with Gasteiger partial charge in [-0.15, -0.1) is 0 Å². The fourth-order valence-electron chi connectivity index (χ4n) is 5.01. The maximum Gasteiger partial charge on any atom is 0.0241 e. The molecule has 0 aliphatic carbocycles.